The molecule has 0 fully saturated rings. The zero-order valence-corrected chi connectivity index (χ0v) is 14.7. The van der Waals surface area contributed by atoms with Gasteiger partial charge >= 0.3 is 23.1 Å². The predicted molar refractivity (Wildman–Crippen MR) is 91.6 cm³/mol. The Bertz CT molecular complexity index is 317. The standard InChI is InChI=1S/C18H30O.Mg.2H/c1-2-3-4-5-6-7-8-9-10-11-12-17-13-15-18(19)16-14-17;;;/h13-16,19H,2-12H2,1H3;;;/q;+2;2*-1. The third kappa shape index (κ3) is 10.6. The second kappa shape index (κ2) is 13.8. The van der Waals surface area contributed by atoms with Crippen molar-refractivity contribution in [3.8, 4) is 5.75 Å². The smallest absolute Gasteiger partial charge is 1.00 e. The minimum Gasteiger partial charge on any atom is -1.00 e. The largest absolute Gasteiger partial charge is 2.00 e. The maximum atomic E-state index is 9.20. The van der Waals surface area contributed by atoms with Crippen molar-refractivity contribution in [1.82, 2.24) is 0 Å². The van der Waals surface area contributed by atoms with Gasteiger partial charge in [0.05, 0.1) is 0 Å². The summed E-state index contributed by atoms with van der Waals surface area (Å²) in [5, 5.41) is 9.20. The summed E-state index contributed by atoms with van der Waals surface area (Å²) in [5.41, 5.74) is 1.34. The molecule has 0 aliphatic rings. The summed E-state index contributed by atoms with van der Waals surface area (Å²) in [4.78, 5) is 0. The zero-order valence-electron chi connectivity index (χ0n) is 15.2. The first kappa shape index (κ1) is 19.8. The third-order valence-electron chi connectivity index (χ3n) is 3.76. The monoisotopic (exact) mass is 288 g/mol. The molecule has 1 aromatic carbocycles. The van der Waals surface area contributed by atoms with E-state index in [1.807, 2.05) is 12.1 Å². The van der Waals surface area contributed by atoms with Crippen molar-refractivity contribution < 1.29 is 7.96 Å². The van der Waals surface area contributed by atoms with Crippen molar-refractivity contribution in [2.75, 3.05) is 0 Å². The van der Waals surface area contributed by atoms with Gasteiger partial charge < -0.3 is 7.96 Å². The summed E-state index contributed by atoms with van der Waals surface area (Å²) >= 11 is 0. The van der Waals surface area contributed by atoms with Crippen LogP contribution in [0.15, 0.2) is 24.3 Å². The number of hydrogen-bond acceptors (Lipinski definition) is 1. The summed E-state index contributed by atoms with van der Waals surface area (Å²) < 4.78 is 0. The quantitative estimate of drug-likeness (QED) is 0.409. The van der Waals surface area contributed by atoms with Crippen LogP contribution in [0.25, 0.3) is 0 Å². The molecule has 1 rings (SSSR count). The normalized spacial score (nSPS) is 10.2. The third-order valence-corrected chi connectivity index (χ3v) is 3.76. The Labute approximate surface area is 144 Å². The Morgan fingerprint density at radius 3 is 1.70 bits per heavy atom. The molecule has 0 spiro atoms. The molecule has 2 heteroatoms. The summed E-state index contributed by atoms with van der Waals surface area (Å²) in [6.45, 7) is 2.27. The van der Waals surface area contributed by atoms with Crippen LogP contribution in [-0.4, -0.2) is 28.2 Å². The van der Waals surface area contributed by atoms with Gasteiger partial charge in [0.1, 0.15) is 5.75 Å². The first-order valence-electron chi connectivity index (χ1n) is 8.11. The topological polar surface area (TPSA) is 20.2 Å². The molecular formula is C18H32MgO. The summed E-state index contributed by atoms with van der Waals surface area (Å²) in [6, 6.07) is 7.63. The molecule has 0 unspecified atom stereocenters. The van der Waals surface area contributed by atoms with Crippen molar-refractivity contribution in [2.24, 2.45) is 0 Å². The Morgan fingerprint density at radius 2 is 1.20 bits per heavy atom. The van der Waals surface area contributed by atoms with E-state index in [0.717, 1.165) is 6.42 Å². The van der Waals surface area contributed by atoms with Gasteiger partial charge in [-0.1, -0.05) is 76.8 Å². The Balaban J connectivity index is -0.00000120. The molecule has 0 atom stereocenters. The van der Waals surface area contributed by atoms with Gasteiger partial charge in [0.25, 0.3) is 0 Å². The number of phenolic OH excluding ortho intramolecular Hbond substituents is 1. The molecule has 112 valence electrons. The van der Waals surface area contributed by atoms with E-state index >= 15 is 0 Å². The van der Waals surface area contributed by atoms with Crippen LogP contribution in [0, 0.1) is 0 Å². The molecule has 0 amide bonds. The average Bonchev–Trinajstić information content (AvgIpc) is 2.43. The number of rotatable bonds is 11. The molecule has 0 heterocycles. The minimum absolute atomic E-state index is 0. The summed E-state index contributed by atoms with van der Waals surface area (Å²) in [7, 11) is 0. The molecule has 0 saturated heterocycles. The zero-order chi connectivity index (χ0) is 13.8. The fraction of sp³-hybridized carbons (Fsp3) is 0.667. The van der Waals surface area contributed by atoms with E-state index in [-0.39, 0.29) is 25.9 Å². The van der Waals surface area contributed by atoms with Gasteiger partial charge in [0, 0.05) is 0 Å². The average molecular weight is 289 g/mol. The maximum Gasteiger partial charge on any atom is 2.00 e. The second-order valence-corrected chi connectivity index (χ2v) is 5.60. The Hall–Kier alpha value is -0.214. The van der Waals surface area contributed by atoms with Crippen molar-refractivity contribution in [3.05, 3.63) is 29.8 Å². The van der Waals surface area contributed by atoms with E-state index in [9.17, 15) is 5.11 Å². The van der Waals surface area contributed by atoms with Crippen LogP contribution >= 0.6 is 0 Å². The fourth-order valence-electron chi connectivity index (χ4n) is 2.48. The number of unbranched alkanes of at least 4 members (excludes halogenated alkanes) is 9. The van der Waals surface area contributed by atoms with Gasteiger partial charge in [0.2, 0.25) is 0 Å². The number of benzene rings is 1. The molecular weight excluding hydrogens is 257 g/mol. The fourth-order valence-corrected chi connectivity index (χ4v) is 2.48. The first-order valence-corrected chi connectivity index (χ1v) is 8.11. The van der Waals surface area contributed by atoms with Gasteiger partial charge in [0.15, 0.2) is 0 Å². The van der Waals surface area contributed by atoms with Crippen molar-refractivity contribution in [2.45, 2.75) is 77.6 Å². The molecule has 1 nitrogen and oxygen atoms in total. The van der Waals surface area contributed by atoms with Crippen LogP contribution < -0.4 is 0 Å². The van der Waals surface area contributed by atoms with Gasteiger partial charge in [-0.3, -0.25) is 0 Å². The van der Waals surface area contributed by atoms with Crippen LogP contribution in [-0.2, 0) is 6.42 Å². The molecule has 0 radical (unpaired) electrons. The molecule has 0 aliphatic heterocycles. The van der Waals surface area contributed by atoms with Gasteiger partial charge in [-0.15, -0.1) is 0 Å². The van der Waals surface area contributed by atoms with Gasteiger partial charge in [-0.2, -0.15) is 0 Å². The van der Waals surface area contributed by atoms with Crippen molar-refractivity contribution in [1.29, 1.82) is 0 Å². The Kier molecular flexibility index (Phi) is 13.6. The van der Waals surface area contributed by atoms with Gasteiger partial charge in [-0.05, 0) is 30.5 Å². The van der Waals surface area contributed by atoms with Crippen LogP contribution in [0.5, 0.6) is 5.75 Å². The van der Waals surface area contributed by atoms with Gasteiger partial charge in [-0.25, -0.2) is 0 Å². The number of aromatic hydroxyl groups is 1. The molecule has 20 heavy (non-hydrogen) atoms. The van der Waals surface area contributed by atoms with Crippen LogP contribution in [0.2, 0.25) is 0 Å². The van der Waals surface area contributed by atoms with Crippen LogP contribution in [0.1, 0.15) is 79.5 Å². The number of aryl methyl sites for hydroxylation is 1. The summed E-state index contributed by atoms with van der Waals surface area (Å²) in [5.74, 6) is 0.367. The van der Waals surface area contributed by atoms with Crippen LogP contribution in [0.3, 0.4) is 0 Å². The van der Waals surface area contributed by atoms with E-state index < -0.39 is 0 Å². The van der Waals surface area contributed by atoms with E-state index in [1.54, 1.807) is 12.1 Å². The molecule has 0 saturated carbocycles. The Morgan fingerprint density at radius 1 is 0.750 bits per heavy atom. The minimum atomic E-state index is 0. The van der Waals surface area contributed by atoms with Crippen molar-refractivity contribution in [3.63, 3.8) is 0 Å². The molecule has 0 aromatic heterocycles. The molecule has 1 aromatic rings. The van der Waals surface area contributed by atoms with Crippen LogP contribution in [0.4, 0.5) is 0 Å². The summed E-state index contributed by atoms with van der Waals surface area (Å²) in [6.07, 6.45) is 15.0. The van der Waals surface area contributed by atoms with Crippen molar-refractivity contribution >= 4 is 23.1 Å². The SMILES string of the molecule is CCCCCCCCCCCCc1ccc(O)cc1.[H-].[H-].[Mg+2]. The van der Waals surface area contributed by atoms with E-state index in [4.69, 9.17) is 0 Å². The van der Waals surface area contributed by atoms with E-state index in [0.29, 0.717) is 5.75 Å². The number of phenols is 1. The molecule has 1 N–H and O–H groups in total. The maximum absolute atomic E-state index is 9.20. The number of hydrogen-bond donors (Lipinski definition) is 1. The van der Waals surface area contributed by atoms with E-state index in [2.05, 4.69) is 6.92 Å². The first-order chi connectivity index (χ1) is 9.33. The molecule has 0 bridgehead atoms. The predicted octanol–water partition coefficient (Wildman–Crippen LogP) is 5.70. The second-order valence-electron chi connectivity index (χ2n) is 5.60. The molecule has 0 aliphatic carbocycles. The van der Waals surface area contributed by atoms with E-state index in [1.165, 1.54) is 69.8 Å².